The lowest BCUT2D eigenvalue weighted by Crippen LogP contribution is -2.19. The van der Waals surface area contributed by atoms with Crippen LogP contribution in [0.4, 0.5) is 0 Å². The second-order valence-corrected chi connectivity index (χ2v) is 2.93. The Morgan fingerprint density at radius 1 is 1.00 bits per heavy atom. The Hall–Kier alpha value is -1.84. The van der Waals surface area contributed by atoms with Gasteiger partial charge in [-0.3, -0.25) is 0 Å². The standard InChI is InChI=1S/C9H6N4/c1-2-4-8-7(3-1)11-9(12-8)5-6-10-13-9/h1-6H. The van der Waals surface area contributed by atoms with E-state index in [-0.39, 0.29) is 0 Å². The van der Waals surface area contributed by atoms with Gasteiger partial charge in [0, 0.05) is 6.08 Å². The maximum Gasteiger partial charge on any atom is 0.286 e. The summed E-state index contributed by atoms with van der Waals surface area (Å²) < 4.78 is 0. The van der Waals surface area contributed by atoms with Crippen LogP contribution >= 0.6 is 0 Å². The zero-order valence-corrected chi connectivity index (χ0v) is 6.75. The lowest BCUT2D eigenvalue weighted by atomic mass is 10.3. The molecule has 1 spiro atoms. The summed E-state index contributed by atoms with van der Waals surface area (Å²) in [5.41, 5.74) is 0. The van der Waals surface area contributed by atoms with Gasteiger partial charge in [0.1, 0.15) is 0 Å². The van der Waals surface area contributed by atoms with Crippen LogP contribution < -0.4 is 10.7 Å². The van der Waals surface area contributed by atoms with Crippen molar-refractivity contribution in [2.24, 2.45) is 20.2 Å². The molecule has 4 nitrogen and oxygen atoms in total. The summed E-state index contributed by atoms with van der Waals surface area (Å²) in [5.74, 6) is -0.774. The zero-order chi connectivity index (χ0) is 8.73. The van der Waals surface area contributed by atoms with Crippen LogP contribution in [0.1, 0.15) is 0 Å². The summed E-state index contributed by atoms with van der Waals surface area (Å²) in [6.45, 7) is 0. The summed E-state index contributed by atoms with van der Waals surface area (Å²) in [6, 6.07) is 7.73. The molecule has 4 heteroatoms. The Kier molecular flexibility index (Phi) is 1.07. The minimum Gasteiger partial charge on any atom is -0.227 e. The third kappa shape index (κ3) is 0.853. The van der Waals surface area contributed by atoms with Crippen molar-refractivity contribution in [2.75, 3.05) is 0 Å². The molecular formula is C9H6N4. The fraction of sp³-hybridized carbons (Fsp3) is 0.111. The highest BCUT2D eigenvalue weighted by atomic mass is 15.4. The van der Waals surface area contributed by atoms with Crippen LogP contribution in [-0.4, -0.2) is 5.79 Å². The Labute approximate surface area is 74.1 Å². The van der Waals surface area contributed by atoms with Crippen molar-refractivity contribution in [2.45, 2.75) is 5.79 Å². The second kappa shape index (κ2) is 2.10. The highest BCUT2D eigenvalue weighted by molar-refractivity contribution is 5.15. The van der Waals surface area contributed by atoms with Crippen LogP contribution in [0.5, 0.6) is 0 Å². The Morgan fingerprint density at radius 3 is 2.23 bits per heavy atom. The normalized spacial score (nSPS) is 20.0. The maximum absolute atomic E-state index is 4.37. The summed E-state index contributed by atoms with van der Waals surface area (Å²) in [6.07, 6.45) is 3.41. The van der Waals surface area contributed by atoms with Gasteiger partial charge in [-0.25, -0.2) is 9.98 Å². The highest BCUT2D eigenvalue weighted by Gasteiger charge is 2.29. The summed E-state index contributed by atoms with van der Waals surface area (Å²) in [4.78, 5) is 8.74. The van der Waals surface area contributed by atoms with Gasteiger partial charge in [-0.2, -0.15) is 5.11 Å². The topological polar surface area (TPSA) is 49.4 Å². The molecule has 0 fully saturated rings. The molecule has 0 saturated heterocycles. The Balaban J connectivity index is 2.35. The van der Waals surface area contributed by atoms with Gasteiger partial charge in [-0.1, -0.05) is 12.1 Å². The van der Waals surface area contributed by atoms with Gasteiger partial charge in [0.05, 0.1) is 16.9 Å². The van der Waals surface area contributed by atoms with Gasteiger partial charge in [0.15, 0.2) is 0 Å². The Bertz CT molecular complexity index is 478. The van der Waals surface area contributed by atoms with Crippen LogP contribution in [0.25, 0.3) is 0 Å². The molecule has 2 heterocycles. The van der Waals surface area contributed by atoms with Gasteiger partial charge < -0.3 is 0 Å². The predicted molar refractivity (Wildman–Crippen MR) is 45.5 cm³/mol. The van der Waals surface area contributed by atoms with Crippen molar-refractivity contribution in [1.82, 2.24) is 0 Å². The summed E-state index contributed by atoms with van der Waals surface area (Å²) in [7, 11) is 0. The average Bonchev–Trinajstić information content (AvgIpc) is 2.72. The molecule has 0 radical (unpaired) electrons. The van der Waals surface area contributed by atoms with E-state index in [9.17, 15) is 0 Å². The van der Waals surface area contributed by atoms with Crippen LogP contribution in [0.15, 0.2) is 56.8 Å². The molecule has 1 aromatic carbocycles. The lowest BCUT2D eigenvalue weighted by Gasteiger charge is -2.04. The molecule has 0 N–H and O–H groups in total. The van der Waals surface area contributed by atoms with Gasteiger partial charge in [-0.15, -0.1) is 5.11 Å². The fourth-order valence-corrected chi connectivity index (χ4v) is 1.44. The van der Waals surface area contributed by atoms with Gasteiger partial charge in [-0.05, 0) is 12.1 Å². The number of nitrogens with zero attached hydrogens (tertiary/aromatic N) is 4. The van der Waals surface area contributed by atoms with E-state index in [4.69, 9.17) is 0 Å². The third-order valence-electron chi connectivity index (χ3n) is 2.02. The van der Waals surface area contributed by atoms with Crippen molar-refractivity contribution in [3.05, 3.63) is 47.3 Å². The van der Waals surface area contributed by atoms with Gasteiger partial charge in [0.2, 0.25) is 0 Å². The molecule has 0 saturated carbocycles. The van der Waals surface area contributed by atoms with Crippen LogP contribution in [0, 0.1) is 0 Å². The van der Waals surface area contributed by atoms with Crippen LogP contribution in [0.3, 0.4) is 0 Å². The molecular weight excluding hydrogens is 164 g/mol. The van der Waals surface area contributed by atoms with Crippen LogP contribution in [0.2, 0.25) is 0 Å². The first-order valence-electron chi connectivity index (χ1n) is 4.03. The minimum absolute atomic E-state index is 0.774. The van der Waals surface area contributed by atoms with E-state index in [2.05, 4.69) is 20.2 Å². The number of para-hydroxylation sites is 2. The molecule has 0 aliphatic carbocycles. The smallest absolute Gasteiger partial charge is 0.227 e. The molecule has 2 aliphatic heterocycles. The van der Waals surface area contributed by atoms with E-state index >= 15 is 0 Å². The molecule has 0 aromatic heterocycles. The largest absolute Gasteiger partial charge is 0.286 e. The molecule has 1 aromatic rings. The van der Waals surface area contributed by atoms with E-state index in [1.165, 1.54) is 0 Å². The molecule has 0 bridgehead atoms. The van der Waals surface area contributed by atoms with Crippen molar-refractivity contribution < 1.29 is 0 Å². The number of hydrogen-bond acceptors (Lipinski definition) is 4. The predicted octanol–water partition coefficient (Wildman–Crippen LogP) is 0.573. The zero-order valence-electron chi connectivity index (χ0n) is 6.75. The van der Waals surface area contributed by atoms with Crippen LogP contribution in [-0.2, 0) is 0 Å². The second-order valence-electron chi connectivity index (χ2n) is 2.93. The highest BCUT2D eigenvalue weighted by Crippen LogP contribution is 2.22. The molecule has 3 rings (SSSR count). The molecule has 0 unspecified atom stereocenters. The number of azo groups is 1. The van der Waals surface area contributed by atoms with E-state index < -0.39 is 5.79 Å². The quantitative estimate of drug-likeness (QED) is 0.546. The van der Waals surface area contributed by atoms with E-state index in [1.807, 2.05) is 24.3 Å². The molecule has 2 aliphatic rings. The van der Waals surface area contributed by atoms with Crippen molar-refractivity contribution in [3.63, 3.8) is 0 Å². The number of hydrogen-bond donors (Lipinski definition) is 0. The molecule has 0 amide bonds. The van der Waals surface area contributed by atoms with E-state index in [0.717, 1.165) is 10.7 Å². The first kappa shape index (κ1) is 6.65. The number of rotatable bonds is 0. The third-order valence-corrected chi connectivity index (χ3v) is 2.02. The number of fused-ring (bicyclic) bond motifs is 1. The summed E-state index contributed by atoms with van der Waals surface area (Å²) in [5, 5.41) is 9.49. The Morgan fingerprint density at radius 2 is 1.69 bits per heavy atom. The van der Waals surface area contributed by atoms with Gasteiger partial charge >= 0.3 is 0 Å². The van der Waals surface area contributed by atoms with E-state index in [0.29, 0.717) is 0 Å². The molecule has 0 atom stereocenters. The SMILES string of the molecule is C1=CC2(N=N1)N=c1ccccc1=N2. The van der Waals surface area contributed by atoms with Crippen molar-refractivity contribution in [1.29, 1.82) is 0 Å². The average molecular weight is 170 g/mol. The lowest BCUT2D eigenvalue weighted by molar-refractivity contribution is 0.577. The first-order chi connectivity index (χ1) is 6.38. The first-order valence-corrected chi connectivity index (χ1v) is 4.03. The number of benzene rings is 1. The summed E-state index contributed by atoms with van der Waals surface area (Å²) >= 11 is 0. The maximum atomic E-state index is 4.37. The molecule has 62 valence electrons. The molecule has 13 heavy (non-hydrogen) atoms. The fourth-order valence-electron chi connectivity index (χ4n) is 1.44. The van der Waals surface area contributed by atoms with Crippen molar-refractivity contribution >= 4 is 0 Å². The van der Waals surface area contributed by atoms with Crippen molar-refractivity contribution in [3.8, 4) is 0 Å². The van der Waals surface area contributed by atoms with Gasteiger partial charge in [0.25, 0.3) is 5.79 Å². The van der Waals surface area contributed by atoms with E-state index in [1.54, 1.807) is 12.3 Å². The monoisotopic (exact) mass is 170 g/mol. The minimum atomic E-state index is -0.774.